The molecule has 258 valence electrons. The minimum atomic E-state index is -0.0159. The van der Waals surface area contributed by atoms with Gasteiger partial charge in [0.05, 0.1) is 11.4 Å². The van der Waals surface area contributed by atoms with Gasteiger partial charge in [0.25, 0.3) is 0 Å². The van der Waals surface area contributed by atoms with E-state index in [9.17, 15) is 0 Å². The molecule has 0 aliphatic heterocycles. The summed E-state index contributed by atoms with van der Waals surface area (Å²) < 4.78 is 0. The molecule has 1 aliphatic carbocycles. The average molecular weight is 685 g/mol. The van der Waals surface area contributed by atoms with Crippen molar-refractivity contribution in [3.8, 4) is 44.9 Å². The minimum Gasteiger partial charge on any atom is -0.228 e. The van der Waals surface area contributed by atoms with Crippen molar-refractivity contribution in [3.63, 3.8) is 0 Å². The highest BCUT2D eigenvalue weighted by Crippen LogP contribution is 2.46. The van der Waals surface area contributed by atoms with Crippen LogP contribution in [-0.2, 0) is 5.41 Å². The van der Waals surface area contributed by atoms with Crippen LogP contribution in [0.2, 0.25) is 0 Å². The third-order valence-corrected chi connectivity index (χ3v) is 10.9. The summed E-state index contributed by atoms with van der Waals surface area (Å²) in [6, 6.07) is 55.2. The van der Waals surface area contributed by atoms with Crippen molar-refractivity contribution in [1.82, 2.24) is 9.97 Å². The van der Waals surface area contributed by atoms with Gasteiger partial charge in [0.2, 0.25) is 0 Å². The summed E-state index contributed by atoms with van der Waals surface area (Å²) in [5, 5.41) is 2.55. The lowest BCUT2D eigenvalue weighted by atomic mass is 9.65. The molecule has 0 radical (unpaired) electrons. The standard InChI is InChI=1S/C51H44N2/c1-3-15-39(16-4-2)48-36-49(53-50(52-48)41-18-7-5-8-19-41)40-27-31-45(32-28-40)51(33-11-6-12-34-51)44-29-25-37(26-30-44)42-21-13-22-43(35-42)47-24-14-20-38-17-9-10-23-46(38)47/h3-5,7-10,13-32,35-36H,1,6,11-12,33-34H2,2H3/b16-4-,39-15+. The second-order valence-electron chi connectivity index (χ2n) is 14.1. The molecular formula is C51H44N2. The molecule has 0 unspecified atom stereocenters. The second-order valence-corrected chi connectivity index (χ2v) is 14.1. The number of hydrogen-bond donors (Lipinski definition) is 0. The van der Waals surface area contributed by atoms with Crippen LogP contribution in [0.1, 0.15) is 55.8 Å². The van der Waals surface area contributed by atoms with Gasteiger partial charge in [-0.15, -0.1) is 0 Å². The molecule has 1 fully saturated rings. The fraction of sp³-hybridized carbons (Fsp3) is 0.137. The smallest absolute Gasteiger partial charge is 0.160 e. The summed E-state index contributed by atoms with van der Waals surface area (Å²) in [6.07, 6.45) is 14.0. The van der Waals surface area contributed by atoms with Gasteiger partial charge in [-0.05, 0) is 81.6 Å². The SMILES string of the molecule is C=C/C=C(\C=C/C)c1cc(-c2ccc(C3(c4ccc(-c5cccc(-c6cccc7ccccc67)c5)cc4)CCCCC3)cc2)nc(-c2ccccc2)n1. The van der Waals surface area contributed by atoms with Gasteiger partial charge in [-0.3, -0.25) is 0 Å². The number of rotatable bonds is 9. The topological polar surface area (TPSA) is 25.8 Å². The van der Waals surface area contributed by atoms with E-state index in [2.05, 4.69) is 146 Å². The molecule has 0 amide bonds. The first kappa shape index (κ1) is 34.0. The number of hydrogen-bond acceptors (Lipinski definition) is 2. The zero-order valence-electron chi connectivity index (χ0n) is 30.4. The van der Waals surface area contributed by atoms with Crippen LogP contribution in [0.25, 0.3) is 61.2 Å². The van der Waals surface area contributed by atoms with Gasteiger partial charge in [-0.2, -0.15) is 0 Å². The van der Waals surface area contributed by atoms with Crippen LogP contribution in [0.3, 0.4) is 0 Å². The number of aromatic nitrogens is 2. The van der Waals surface area contributed by atoms with Gasteiger partial charge >= 0.3 is 0 Å². The van der Waals surface area contributed by atoms with Gasteiger partial charge in [0, 0.05) is 16.5 Å². The Labute approximate surface area is 314 Å². The monoisotopic (exact) mass is 684 g/mol. The average Bonchev–Trinajstić information content (AvgIpc) is 3.24. The minimum absolute atomic E-state index is 0.0159. The van der Waals surface area contributed by atoms with Crippen molar-refractivity contribution < 1.29 is 0 Å². The third-order valence-electron chi connectivity index (χ3n) is 10.9. The van der Waals surface area contributed by atoms with Crippen molar-refractivity contribution in [3.05, 3.63) is 199 Å². The second kappa shape index (κ2) is 15.2. The highest BCUT2D eigenvalue weighted by molar-refractivity contribution is 5.97. The summed E-state index contributed by atoms with van der Waals surface area (Å²) in [4.78, 5) is 10.1. The fourth-order valence-corrected chi connectivity index (χ4v) is 8.18. The predicted molar refractivity (Wildman–Crippen MR) is 225 cm³/mol. The van der Waals surface area contributed by atoms with E-state index in [1.807, 2.05) is 43.4 Å². The molecule has 2 nitrogen and oxygen atoms in total. The maximum absolute atomic E-state index is 5.08. The Kier molecular flexibility index (Phi) is 9.77. The number of nitrogens with zero attached hydrogens (tertiary/aromatic N) is 2. The normalized spacial score (nSPS) is 14.4. The first-order valence-corrected chi connectivity index (χ1v) is 18.9. The lowest BCUT2D eigenvalue weighted by Gasteiger charge is -2.39. The van der Waals surface area contributed by atoms with Crippen LogP contribution >= 0.6 is 0 Å². The van der Waals surface area contributed by atoms with Crippen LogP contribution in [0.5, 0.6) is 0 Å². The Bertz CT molecular complexity index is 2420. The van der Waals surface area contributed by atoms with Gasteiger partial charge < -0.3 is 0 Å². The van der Waals surface area contributed by atoms with E-state index in [0.29, 0.717) is 5.82 Å². The molecule has 0 N–H and O–H groups in total. The van der Waals surface area contributed by atoms with Crippen molar-refractivity contribution in [2.75, 3.05) is 0 Å². The summed E-state index contributed by atoms with van der Waals surface area (Å²) >= 11 is 0. The van der Waals surface area contributed by atoms with Crippen LogP contribution in [0, 0.1) is 0 Å². The van der Waals surface area contributed by atoms with Gasteiger partial charge in [0.1, 0.15) is 0 Å². The highest BCUT2D eigenvalue weighted by atomic mass is 14.9. The lowest BCUT2D eigenvalue weighted by Crippen LogP contribution is -2.30. The molecule has 53 heavy (non-hydrogen) atoms. The van der Waals surface area contributed by atoms with Crippen molar-refractivity contribution in [2.24, 2.45) is 0 Å². The van der Waals surface area contributed by atoms with E-state index in [4.69, 9.17) is 9.97 Å². The van der Waals surface area contributed by atoms with Gasteiger partial charge in [-0.25, -0.2) is 9.97 Å². The van der Waals surface area contributed by atoms with Crippen molar-refractivity contribution in [1.29, 1.82) is 0 Å². The molecule has 1 aliphatic rings. The molecule has 7 aromatic rings. The Morgan fingerprint density at radius 1 is 0.585 bits per heavy atom. The summed E-state index contributed by atoms with van der Waals surface area (Å²) in [6.45, 7) is 5.97. The Balaban J connectivity index is 1.13. The van der Waals surface area contributed by atoms with Crippen LogP contribution < -0.4 is 0 Å². The zero-order valence-corrected chi connectivity index (χ0v) is 30.4. The molecule has 0 saturated heterocycles. The zero-order chi connectivity index (χ0) is 36.0. The lowest BCUT2D eigenvalue weighted by molar-refractivity contribution is 0.346. The van der Waals surface area contributed by atoms with E-state index >= 15 is 0 Å². The summed E-state index contributed by atoms with van der Waals surface area (Å²) in [5.74, 6) is 0.716. The molecule has 1 heterocycles. The van der Waals surface area contributed by atoms with E-state index < -0.39 is 0 Å². The quantitative estimate of drug-likeness (QED) is 0.141. The molecule has 1 saturated carbocycles. The first-order valence-electron chi connectivity index (χ1n) is 18.9. The molecule has 6 aromatic carbocycles. The third kappa shape index (κ3) is 6.93. The van der Waals surface area contributed by atoms with Crippen LogP contribution in [-0.4, -0.2) is 9.97 Å². The van der Waals surface area contributed by atoms with Gasteiger partial charge in [-0.1, -0.05) is 190 Å². The van der Waals surface area contributed by atoms with Crippen molar-refractivity contribution in [2.45, 2.75) is 44.4 Å². The first-order chi connectivity index (χ1) is 26.1. The van der Waals surface area contributed by atoms with E-state index in [1.54, 1.807) is 0 Å². The Hall–Kier alpha value is -6.12. The predicted octanol–water partition coefficient (Wildman–Crippen LogP) is 13.7. The summed E-state index contributed by atoms with van der Waals surface area (Å²) in [5.41, 5.74) is 12.6. The van der Waals surface area contributed by atoms with Gasteiger partial charge in [0.15, 0.2) is 5.82 Å². The number of allylic oxidation sites excluding steroid dienone is 5. The van der Waals surface area contributed by atoms with Crippen LogP contribution in [0.15, 0.2) is 183 Å². The Morgan fingerprint density at radius 3 is 1.96 bits per heavy atom. The van der Waals surface area contributed by atoms with E-state index in [0.717, 1.165) is 40.9 Å². The van der Waals surface area contributed by atoms with E-state index in [1.165, 1.54) is 63.4 Å². The number of fused-ring (bicyclic) bond motifs is 1. The number of benzene rings is 6. The molecular weight excluding hydrogens is 641 g/mol. The van der Waals surface area contributed by atoms with E-state index in [-0.39, 0.29) is 5.41 Å². The highest BCUT2D eigenvalue weighted by Gasteiger charge is 2.35. The van der Waals surface area contributed by atoms with Crippen LogP contribution in [0.4, 0.5) is 0 Å². The maximum Gasteiger partial charge on any atom is 0.160 e. The molecule has 8 rings (SSSR count). The molecule has 1 aromatic heterocycles. The van der Waals surface area contributed by atoms with Crippen molar-refractivity contribution >= 4 is 16.3 Å². The molecule has 0 atom stereocenters. The molecule has 0 bridgehead atoms. The Morgan fingerprint density at radius 2 is 1.23 bits per heavy atom. The largest absolute Gasteiger partial charge is 0.228 e. The maximum atomic E-state index is 5.08. The molecule has 0 spiro atoms. The summed E-state index contributed by atoms with van der Waals surface area (Å²) in [7, 11) is 0. The fourth-order valence-electron chi connectivity index (χ4n) is 8.18. The molecule has 2 heteroatoms.